The van der Waals surface area contributed by atoms with Gasteiger partial charge in [-0.05, 0) is 32.1 Å². The third-order valence-corrected chi connectivity index (χ3v) is 8.86. The zero-order chi connectivity index (χ0) is 38.3. The van der Waals surface area contributed by atoms with Crippen LogP contribution in [0.1, 0.15) is 168 Å². The summed E-state index contributed by atoms with van der Waals surface area (Å²) in [5, 5.41) is 40.1. The third kappa shape index (κ3) is 35.9. The first-order chi connectivity index (χ1) is 25.3. The average Bonchev–Trinajstić information content (AvgIpc) is 3.13. The topological polar surface area (TPSA) is 134 Å². The van der Waals surface area contributed by atoms with E-state index in [0.717, 1.165) is 25.7 Å². The molecule has 0 saturated heterocycles. The zero-order valence-electron chi connectivity index (χ0n) is 32.9. The maximum Gasteiger partial charge on any atom is 0.305 e. The molecule has 0 amide bonds. The molecule has 0 bridgehead atoms. The summed E-state index contributed by atoms with van der Waals surface area (Å²) in [6.07, 6.45) is 39.5. The minimum atomic E-state index is -1.09. The molecule has 0 aliphatic heterocycles. The molecule has 0 aromatic rings. The smallest absolute Gasteiger partial charge is 0.305 e. The van der Waals surface area contributed by atoms with Gasteiger partial charge in [-0.2, -0.15) is 0 Å². The molecule has 0 radical (unpaired) electrons. The summed E-state index contributed by atoms with van der Waals surface area (Å²) < 4.78 is 10.2. The van der Waals surface area contributed by atoms with Gasteiger partial charge in [-0.15, -0.1) is 0 Å². The summed E-state index contributed by atoms with van der Waals surface area (Å²) in [6.45, 7) is 3.82. The number of aliphatic hydroxyl groups is 4. The van der Waals surface area contributed by atoms with Crippen molar-refractivity contribution in [3.63, 3.8) is 0 Å². The van der Waals surface area contributed by atoms with E-state index in [1.54, 1.807) is 42.5 Å². The summed E-state index contributed by atoms with van der Waals surface area (Å²) in [4.78, 5) is 24.0. The van der Waals surface area contributed by atoms with Gasteiger partial charge < -0.3 is 29.9 Å². The molecule has 0 unspecified atom stereocenters. The lowest BCUT2D eigenvalue weighted by Gasteiger charge is -2.14. The van der Waals surface area contributed by atoms with E-state index in [-0.39, 0.29) is 32.0 Å². The number of ether oxygens (including phenoxy) is 2. The molecular weight excluding hydrogens is 656 g/mol. The van der Waals surface area contributed by atoms with E-state index in [2.05, 4.69) is 6.92 Å². The van der Waals surface area contributed by atoms with Crippen LogP contribution < -0.4 is 0 Å². The van der Waals surface area contributed by atoms with E-state index in [1.165, 1.54) is 102 Å². The molecule has 0 saturated carbocycles. The second-order valence-corrected chi connectivity index (χ2v) is 14.0. The van der Waals surface area contributed by atoms with Gasteiger partial charge >= 0.3 is 11.9 Å². The average molecular weight is 733 g/mol. The number of hydrogen-bond acceptors (Lipinski definition) is 8. The Morgan fingerprint density at radius 1 is 0.519 bits per heavy atom. The first kappa shape index (κ1) is 49.5. The van der Waals surface area contributed by atoms with Crippen LogP contribution in [-0.2, 0) is 19.1 Å². The maximum atomic E-state index is 12.0. The Balaban J connectivity index is 3.73. The highest BCUT2D eigenvalue weighted by molar-refractivity contribution is 5.69. The van der Waals surface area contributed by atoms with Crippen LogP contribution in [0.15, 0.2) is 60.8 Å². The van der Waals surface area contributed by atoms with E-state index < -0.39 is 30.4 Å². The van der Waals surface area contributed by atoms with Crippen molar-refractivity contribution in [2.24, 2.45) is 0 Å². The highest BCUT2D eigenvalue weighted by Crippen LogP contribution is 2.15. The van der Waals surface area contributed by atoms with Gasteiger partial charge in [0.05, 0.1) is 18.3 Å². The van der Waals surface area contributed by atoms with Crippen molar-refractivity contribution in [2.45, 2.75) is 192 Å². The third-order valence-electron chi connectivity index (χ3n) is 8.86. The Bertz CT molecular complexity index is 969. The Morgan fingerprint density at radius 2 is 0.942 bits per heavy atom. The van der Waals surface area contributed by atoms with Gasteiger partial charge in [0.25, 0.3) is 0 Å². The van der Waals surface area contributed by atoms with Crippen LogP contribution in [0.25, 0.3) is 0 Å². The van der Waals surface area contributed by atoms with Crippen LogP contribution >= 0.6 is 0 Å². The van der Waals surface area contributed by atoms with Crippen LogP contribution in [0.2, 0.25) is 0 Å². The predicted octanol–water partition coefficient (Wildman–Crippen LogP) is 9.70. The van der Waals surface area contributed by atoms with Crippen LogP contribution in [0, 0.1) is 0 Å². The van der Waals surface area contributed by atoms with Crippen molar-refractivity contribution in [2.75, 3.05) is 13.2 Å². The van der Waals surface area contributed by atoms with Gasteiger partial charge in [-0.3, -0.25) is 9.59 Å². The summed E-state index contributed by atoms with van der Waals surface area (Å²) in [6, 6.07) is 0. The van der Waals surface area contributed by atoms with E-state index in [0.29, 0.717) is 19.3 Å². The fraction of sp³-hybridized carbons (Fsp3) is 0.727. The van der Waals surface area contributed by atoms with Gasteiger partial charge in [-0.25, -0.2) is 0 Å². The molecule has 0 spiro atoms. The van der Waals surface area contributed by atoms with E-state index in [1.807, 2.05) is 19.1 Å². The lowest BCUT2D eigenvalue weighted by Crippen LogP contribution is -2.26. The molecule has 0 aromatic heterocycles. The molecule has 0 aliphatic carbocycles. The van der Waals surface area contributed by atoms with Crippen molar-refractivity contribution in [1.82, 2.24) is 0 Å². The summed E-state index contributed by atoms with van der Waals surface area (Å²) in [5.74, 6) is -0.884. The first-order valence-corrected chi connectivity index (χ1v) is 20.7. The second kappa shape index (κ2) is 38.2. The van der Waals surface area contributed by atoms with Crippen LogP contribution in [0.5, 0.6) is 0 Å². The van der Waals surface area contributed by atoms with Gasteiger partial charge in [0.15, 0.2) is 0 Å². The summed E-state index contributed by atoms with van der Waals surface area (Å²) in [7, 11) is 0. The van der Waals surface area contributed by atoms with Crippen molar-refractivity contribution in [1.29, 1.82) is 0 Å². The molecule has 300 valence electrons. The number of rotatable bonds is 36. The molecule has 4 atom stereocenters. The number of carbonyl (C=O) groups is 2. The minimum absolute atomic E-state index is 0.0289. The molecule has 0 aromatic carbocycles. The molecule has 8 heteroatoms. The second-order valence-electron chi connectivity index (χ2n) is 14.0. The Morgan fingerprint density at radius 3 is 1.42 bits per heavy atom. The molecule has 4 N–H and O–H groups in total. The van der Waals surface area contributed by atoms with Gasteiger partial charge in [-0.1, -0.05) is 184 Å². The Labute approximate surface area is 317 Å². The number of unbranched alkanes of at least 4 members (excludes halogenated alkanes) is 17. The Kier molecular flexibility index (Phi) is 36.4. The van der Waals surface area contributed by atoms with Gasteiger partial charge in [0, 0.05) is 12.8 Å². The van der Waals surface area contributed by atoms with Crippen LogP contribution in [0.4, 0.5) is 0 Å². The summed E-state index contributed by atoms with van der Waals surface area (Å²) in [5.41, 5.74) is 0. The molecule has 0 fully saturated rings. The standard InChI is InChI=1S/C44H76O8/c1-3-5-7-8-9-10-11-12-13-14-15-16-17-18-19-20-25-29-35-43(49)51-37-40(46)38-52-44(50)36-30-34-42(48)41(47)33-28-24-22-21-23-27-32-39(45)31-26-6-4-2/h6,21-24,26-28,32-33,39-42,45-48H,3-5,7-20,25,29-31,34-38H2,1-2H3/b23-21+,24-22-,26-6-,32-27+,33-28-/t39-,40-,41+,42+/m1/s1. The van der Waals surface area contributed by atoms with Crippen LogP contribution in [0.3, 0.4) is 0 Å². The van der Waals surface area contributed by atoms with E-state index >= 15 is 0 Å². The fourth-order valence-electron chi connectivity index (χ4n) is 5.60. The lowest BCUT2D eigenvalue weighted by molar-refractivity contribution is -0.152. The van der Waals surface area contributed by atoms with Crippen molar-refractivity contribution < 1.29 is 39.5 Å². The highest BCUT2D eigenvalue weighted by atomic mass is 16.6. The van der Waals surface area contributed by atoms with E-state index in [4.69, 9.17) is 9.47 Å². The van der Waals surface area contributed by atoms with Crippen molar-refractivity contribution >= 4 is 11.9 Å². The first-order valence-electron chi connectivity index (χ1n) is 20.7. The monoisotopic (exact) mass is 733 g/mol. The number of allylic oxidation sites excluding steroid dienone is 7. The van der Waals surface area contributed by atoms with Crippen molar-refractivity contribution in [3.8, 4) is 0 Å². The van der Waals surface area contributed by atoms with Crippen molar-refractivity contribution in [3.05, 3.63) is 60.8 Å². The number of hydrogen-bond donors (Lipinski definition) is 4. The molecule has 0 aliphatic rings. The maximum absolute atomic E-state index is 12.0. The fourth-order valence-corrected chi connectivity index (χ4v) is 5.60. The lowest BCUT2D eigenvalue weighted by atomic mass is 10.0. The quantitative estimate of drug-likeness (QED) is 0.0217. The SMILES string of the molecule is CC/C=C\C[C@@H](O)/C=C/C=C/C=C\C=C/[C@H](O)[C@@H](O)CCCC(=O)OC[C@H](O)COC(=O)CCCCCCCCCCCCCCCCCCCC. The molecule has 8 nitrogen and oxygen atoms in total. The van der Waals surface area contributed by atoms with Gasteiger partial charge in [0.1, 0.15) is 19.3 Å². The summed E-state index contributed by atoms with van der Waals surface area (Å²) >= 11 is 0. The molecule has 0 rings (SSSR count). The zero-order valence-corrected chi connectivity index (χ0v) is 32.9. The van der Waals surface area contributed by atoms with Gasteiger partial charge in [0.2, 0.25) is 0 Å². The number of esters is 2. The van der Waals surface area contributed by atoms with E-state index in [9.17, 15) is 30.0 Å². The van der Waals surface area contributed by atoms with Crippen LogP contribution in [-0.4, -0.2) is 70.0 Å². The number of carbonyl (C=O) groups excluding carboxylic acids is 2. The molecular formula is C44H76O8. The largest absolute Gasteiger partial charge is 0.463 e. The predicted molar refractivity (Wildman–Crippen MR) is 214 cm³/mol. The minimum Gasteiger partial charge on any atom is -0.463 e. The number of aliphatic hydroxyl groups excluding tert-OH is 4. The Hall–Kier alpha value is -2.52. The molecule has 52 heavy (non-hydrogen) atoms. The molecule has 0 heterocycles. The normalized spacial score (nSPS) is 14.7. The highest BCUT2D eigenvalue weighted by Gasteiger charge is 2.15.